The highest BCUT2D eigenvalue weighted by molar-refractivity contribution is 9.11. The summed E-state index contributed by atoms with van der Waals surface area (Å²) in [6.45, 7) is 0. The van der Waals surface area contributed by atoms with Gasteiger partial charge in [0.15, 0.2) is 0 Å². The van der Waals surface area contributed by atoms with E-state index in [-0.39, 0.29) is 11.3 Å². The van der Waals surface area contributed by atoms with Crippen molar-refractivity contribution >= 4 is 43.5 Å². The highest BCUT2D eigenvalue weighted by atomic mass is 79.9. The highest BCUT2D eigenvalue weighted by Crippen LogP contribution is 2.31. The van der Waals surface area contributed by atoms with Crippen molar-refractivity contribution < 1.29 is 14.3 Å². The monoisotopic (exact) mass is 387 g/mol. The Hall–Kier alpha value is -1.40. The molecule has 2 rings (SSSR count). The molecule has 0 aliphatic rings. The first-order valence-electron chi connectivity index (χ1n) is 5.23. The van der Waals surface area contributed by atoms with Crippen LogP contribution in [0.25, 0.3) is 0 Å². The quantitative estimate of drug-likeness (QED) is 0.805. The van der Waals surface area contributed by atoms with E-state index < -0.39 is 11.7 Å². The standard InChI is InChI=1S/C13H8Br2FNO2/c14-9-2-1-3-10(15)12(9)17-13(19)8-6-7(16)4-5-11(8)18/h1-6,18H,(H,17,19). The van der Waals surface area contributed by atoms with Crippen LogP contribution in [0, 0.1) is 5.82 Å². The molecule has 0 aliphatic heterocycles. The topological polar surface area (TPSA) is 49.3 Å². The molecule has 0 heterocycles. The molecule has 3 nitrogen and oxygen atoms in total. The Bertz CT molecular complexity index is 626. The molecule has 2 aromatic rings. The van der Waals surface area contributed by atoms with Crippen LogP contribution in [0.5, 0.6) is 5.75 Å². The van der Waals surface area contributed by atoms with E-state index in [1.165, 1.54) is 0 Å². The van der Waals surface area contributed by atoms with Gasteiger partial charge >= 0.3 is 0 Å². The third-order valence-electron chi connectivity index (χ3n) is 2.40. The predicted molar refractivity (Wildman–Crippen MR) is 77.9 cm³/mol. The first-order valence-corrected chi connectivity index (χ1v) is 6.81. The summed E-state index contributed by atoms with van der Waals surface area (Å²) < 4.78 is 14.4. The van der Waals surface area contributed by atoms with E-state index in [9.17, 15) is 14.3 Å². The zero-order valence-electron chi connectivity index (χ0n) is 9.45. The number of hydrogen-bond acceptors (Lipinski definition) is 2. The van der Waals surface area contributed by atoms with Crippen LogP contribution in [-0.4, -0.2) is 11.0 Å². The number of para-hydroxylation sites is 1. The average molecular weight is 389 g/mol. The molecule has 0 atom stereocenters. The summed E-state index contributed by atoms with van der Waals surface area (Å²) in [5.74, 6) is -1.46. The van der Waals surface area contributed by atoms with Gasteiger partial charge in [0.25, 0.3) is 5.91 Å². The van der Waals surface area contributed by atoms with Crippen molar-refractivity contribution in [2.24, 2.45) is 0 Å². The van der Waals surface area contributed by atoms with Crippen molar-refractivity contribution in [2.45, 2.75) is 0 Å². The summed E-state index contributed by atoms with van der Waals surface area (Å²) in [5.41, 5.74) is 0.388. The number of benzene rings is 2. The van der Waals surface area contributed by atoms with Gasteiger partial charge in [0.2, 0.25) is 0 Å². The maximum Gasteiger partial charge on any atom is 0.259 e. The number of anilines is 1. The molecule has 0 unspecified atom stereocenters. The van der Waals surface area contributed by atoms with Gasteiger partial charge in [0.1, 0.15) is 11.6 Å². The van der Waals surface area contributed by atoms with Crippen molar-refractivity contribution in [3.05, 3.63) is 56.7 Å². The van der Waals surface area contributed by atoms with E-state index >= 15 is 0 Å². The van der Waals surface area contributed by atoms with Gasteiger partial charge in [-0.2, -0.15) is 0 Å². The van der Waals surface area contributed by atoms with Crippen LogP contribution >= 0.6 is 31.9 Å². The smallest absolute Gasteiger partial charge is 0.259 e. The van der Waals surface area contributed by atoms with E-state index in [0.29, 0.717) is 14.6 Å². The number of carbonyl (C=O) groups excluding carboxylic acids is 1. The minimum atomic E-state index is -0.593. The number of hydrogen-bond donors (Lipinski definition) is 2. The fraction of sp³-hybridized carbons (Fsp3) is 0. The largest absolute Gasteiger partial charge is 0.507 e. The summed E-state index contributed by atoms with van der Waals surface area (Å²) in [4.78, 5) is 12.0. The highest BCUT2D eigenvalue weighted by Gasteiger charge is 2.15. The zero-order valence-corrected chi connectivity index (χ0v) is 12.6. The molecular formula is C13H8Br2FNO2. The van der Waals surface area contributed by atoms with Gasteiger partial charge in [-0.3, -0.25) is 4.79 Å². The number of rotatable bonds is 2. The number of phenols is 1. The molecule has 0 fully saturated rings. The van der Waals surface area contributed by atoms with Crippen molar-refractivity contribution in [1.29, 1.82) is 0 Å². The molecular weight excluding hydrogens is 381 g/mol. The van der Waals surface area contributed by atoms with E-state index in [4.69, 9.17) is 0 Å². The lowest BCUT2D eigenvalue weighted by Gasteiger charge is -2.10. The lowest BCUT2D eigenvalue weighted by molar-refractivity contribution is 0.102. The first-order chi connectivity index (χ1) is 8.99. The number of nitrogens with one attached hydrogen (secondary N) is 1. The molecule has 1 amide bonds. The van der Waals surface area contributed by atoms with Crippen LogP contribution < -0.4 is 5.32 Å². The number of aromatic hydroxyl groups is 1. The number of carbonyl (C=O) groups is 1. The van der Waals surface area contributed by atoms with Crippen molar-refractivity contribution in [3.63, 3.8) is 0 Å². The predicted octanol–water partition coefficient (Wildman–Crippen LogP) is 4.31. The Morgan fingerprint density at radius 2 is 1.79 bits per heavy atom. The lowest BCUT2D eigenvalue weighted by atomic mass is 10.1. The second-order valence-corrected chi connectivity index (χ2v) is 5.42. The molecule has 2 N–H and O–H groups in total. The summed E-state index contributed by atoms with van der Waals surface area (Å²) >= 11 is 6.60. The van der Waals surface area contributed by atoms with Crippen molar-refractivity contribution in [2.75, 3.05) is 5.32 Å². The maximum atomic E-state index is 13.1. The molecule has 2 aromatic carbocycles. The Morgan fingerprint density at radius 3 is 2.42 bits per heavy atom. The molecule has 0 saturated carbocycles. The number of amides is 1. The van der Waals surface area contributed by atoms with E-state index in [1.54, 1.807) is 18.2 Å². The van der Waals surface area contributed by atoms with Crippen LogP contribution in [0.15, 0.2) is 45.3 Å². The molecule has 0 spiro atoms. The molecule has 0 saturated heterocycles. The van der Waals surface area contributed by atoms with Gasteiger partial charge in [-0.1, -0.05) is 6.07 Å². The molecule has 0 bridgehead atoms. The Labute approximate surface area is 125 Å². The van der Waals surface area contributed by atoms with Crippen LogP contribution in [0.2, 0.25) is 0 Å². The summed E-state index contributed by atoms with van der Waals surface area (Å²) in [5, 5.41) is 12.2. The normalized spacial score (nSPS) is 10.3. The summed E-state index contributed by atoms with van der Waals surface area (Å²) in [6, 6.07) is 8.51. The van der Waals surface area contributed by atoms with Gasteiger partial charge in [0.05, 0.1) is 11.3 Å². The van der Waals surface area contributed by atoms with E-state index in [1.807, 2.05) is 0 Å². The molecule has 0 radical (unpaired) electrons. The minimum absolute atomic E-state index is 0.123. The van der Waals surface area contributed by atoms with Gasteiger partial charge < -0.3 is 10.4 Å². The van der Waals surface area contributed by atoms with Gasteiger partial charge in [-0.15, -0.1) is 0 Å². The fourth-order valence-electron chi connectivity index (χ4n) is 1.49. The fourth-order valence-corrected chi connectivity index (χ4v) is 2.68. The first kappa shape index (κ1) is 14.0. The second-order valence-electron chi connectivity index (χ2n) is 3.71. The number of halogens is 3. The Morgan fingerprint density at radius 1 is 1.16 bits per heavy atom. The van der Waals surface area contributed by atoms with Crippen LogP contribution in [0.3, 0.4) is 0 Å². The van der Waals surface area contributed by atoms with Crippen molar-refractivity contribution in [3.8, 4) is 5.75 Å². The van der Waals surface area contributed by atoms with Gasteiger partial charge in [0, 0.05) is 8.95 Å². The van der Waals surface area contributed by atoms with Gasteiger partial charge in [-0.05, 0) is 62.2 Å². The van der Waals surface area contributed by atoms with Crippen molar-refractivity contribution in [1.82, 2.24) is 0 Å². The molecule has 0 aliphatic carbocycles. The minimum Gasteiger partial charge on any atom is -0.507 e. The summed E-state index contributed by atoms with van der Waals surface area (Å²) in [6.07, 6.45) is 0. The third kappa shape index (κ3) is 3.13. The molecule has 19 heavy (non-hydrogen) atoms. The SMILES string of the molecule is O=C(Nc1c(Br)cccc1Br)c1cc(F)ccc1O. The van der Waals surface area contributed by atoms with Crippen LogP contribution in [0.4, 0.5) is 10.1 Å². The Balaban J connectivity index is 2.34. The Kier molecular flexibility index (Phi) is 4.21. The van der Waals surface area contributed by atoms with Crippen LogP contribution in [0.1, 0.15) is 10.4 Å². The summed E-state index contributed by atoms with van der Waals surface area (Å²) in [7, 11) is 0. The van der Waals surface area contributed by atoms with E-state index in [2.05, 4.69) is 37.2 Å². The average Bonchev–Trinajstić information content (AvgIpc) is 2.37. The lowest BCUT2D eigenvalue weighted by Crippen LogP contribution is -2.13. The second kappa shape index (κ2) is 5.71. The van der Waals surface area contributed by atoms with Gasteiger partial charge in [-0.25, -0.2) is 4.39 Å². The zero-order chi connectivity index (χ0) is 14.0. The third-order valence-corrected chi connectivity index (χ3v) is 3.73. The maximum absolute atomic E-state index is 13.1. The molecule has 98 valence electrons. The van der Waals surface area contributed by atoms with E-state index in [0.717, 1.165) is 18.2 Å². The number of phenolic OH excluding ortho intramolecular Hbond substituents is 1. The molecule has 6 heteroatoms. The van der Waals surface area contributed by atoms with Crippen LogP contribution in [-0.2, 0) is 0 Å². The molecule has 0 aromatic heterocycles.